The Morgan fingerprint density at radius 3 is 2.89 bits per heavy atom. The molecule has 1 atom stereocenters. The minimum absolute atomic E-state index is 0.149. The number of methoxy groups -OCH3 is 1. The van der Waals surface area contributed by atoms with Crippen LogP contribution in [0.4, 0.5) is 0 Å². The van der Waals surface area contributed by atoms with Crippen LogP contribution < -0.4 is 14.2 Å². The topological polar surface area (TPSA) is 48.0 Å². The van der Waals surface area contributed by atoms with E-state index in [4.69, 9.17) is 14.2 Å². The van der Waals surface area contributed by atoms with Gasteiger partial charge in [0.1, 0.15) is 5.75 Å². The Labute approximate surface area is 166 Å². The van der Waals surface area contributed by atoms with Gasteiger partial charge in [0.2, 0.25) is 12.7 Å². The Morgan fingerprint density at radius 1 is 1.21 bits per heavy atom. The fraction of sp³-hybridized carbons (Fsp3) is 0.435. The summed E-state index contributed by atoms with van der Waals surface area (Å²) in [5.41, 5.74) is 3.60. The van der Waals surface area contributed by atoms with E-state index in [9.17, 15) is 4.79 Å². The Kier molecular flexibility index (Phi) is 5.42. The van der Waals surface area contributed by atoms with Crippen molar-refractivity contribution in [3.63, 3.8) is 0 Å². The fourth-order valence-corrected chi connectivity index (χ4v) is 4.30. The highest BCUT2D eigenvalue weighted by Crippen LogP contribution is 2.37. The number of benzene rings is 2. The number of fused-ring (bicyclic) bond motifs is 2. The maximum absolute atomic E-state index is 13.0. The van der Waals surface area contributed by atoms with Crippen LogP contribution >= 0.6 is 0 Å². The van der Waals surface area contributed by atoms with Crippen LogP contribution in [0.3, 0.4) is 0 Å². The predicted molar refractivity (Wildman–Crippen MR) is 107 cm³/mol. The summed E-state index contributed by atoms with van der Waals surface area (Å²) in [6.07, 6.45) is 3.66. The van der Waals surface area contributed by atoms with Gasteiger partial charge in [0.25, 0.3) is 0 Å². The molecule has 0 bridgehead atoms. The summed E-state index contributed by atoms with van der Waals surface area (Å²) < 4.78 is 16.3. The van der Waals surface area contributed by atoms with Crippen LogP contribution in [0.15, 0.2) is 36.4 Å². The van der Waals surface area contributed by atoms with Crippen molar-refractivity contribution in [3.05, 3.63) is 53.1 Å². The van der Waals surface area contributed by atoms with E-state index in [1.165, 1.54) is 11.1 Å². The minimum Gasteiger partial charge on any atom is -0.496 e. The van der Waals surface area contributed by atoms with E-state index in [-0.39, 0.29) is 12.7 Å². The third-order valence-electron chi connectivity index (χ3n) is 5.78. The summed E-state index contributed by atoms with van der Waals surface area (Å²) in [4.78, 5) is 15.0. The van der Waals surface area contributed by atoms with Gasteiger partial charge < -0.3 is 19.1 Å². The average Bonchev–Trinajstić information content (AvgIpc) is 3.19. The van der Waals surface area contributed by atoms with E-state index in [0.717, 1.165) is 48.6 Å². The van der Waals surface area contributed by atoms with E-state index in [2.05, 4.69) is 12.1 Å². The molecule has 28 heavy (non-hydrogen) atoms. The first kappa shape index (κ1) is 18.7. The molecule has 0 saturated carbocycles. The Morgan fingerprint density at radius 2 is 2.07 bits per heavy atom. The van der Waals surface area contributed by atoms with Crippen LogP contribution in [0, 0.1) is 0 Å². The monoisotopic (exact) mass is 381 g/mol. The standard InChI is InChI=1S/C23H27NO4/c1-3-24(23(25)13-16-10-11-21-22(12-16)28-15-27-21)14-17-6-4-8-19-18(17)7-5-9-20(19)26-2/h5,7,9-12,17H,3-4,6,8,13-15H2,1-2H3/t17-/m0/s1. The van der Waals surface area contributed by atoms with Gasteiger partial charge in [-0.1, -0.05) is 18.2 Å². The van der Waals surface area contributed by atoms with Gasteiger partial charge in [-0.3, -0.25) is 4.79 Å². The lowest BCUT2D eigenvalue weighted by molar-refractivity contribution is -0.130. The van der Waals surface area contributed by atoms with Crippen LogP contribution in [-0.4, -0.2) is 37.8 Å². The molecule has 0 fully saturated rings. The molecular formula is C23H27NO4. The quantitative estimate of drug-likeness (QED) is 0.761. The summed E-state index contributed by atoms with van der Waals surface area (Å²) in [6.45, 7) is 3.75. The number of carbonyl (C=O) groups is 1. The lowest BCUT2D eigenvalue weighted by Crippen LogP contribution is -2.36. The molecule has 0 spiro atoms. The maximum atomic E-state index is 13.0. The van der Waals surface area contributed by atoms with Crippen LogP contribution in [0.5, 0.6) is 17.2 Å². The van der Waals surface area contributed by atoms with Crippen molar-refractivity contribution in [2.45, 2.75) is 38.5 Å². The van der Waals surface area contributed by atoms with Crippen LogP contribution in [0.25, 0.3) is 0 Å². The summed E-state index contributed by atoms with van der Waals surface area (Å²) in [7, 11) is 1.73. The normalized spacial score (nSPS) is 17.1. The molecule has 0 unspecified atom stereocenters. The maximum Gasteiger partial charge on any atom is 0.231 e. The summed E-state index contributed by atoms with van der Waals surface area (Å²) in [5.74, 6) is 2.95. The molecule has 2 aliphatic rings. The third-order valence-corrected chi connectivity index (χ3v) is 5.78. The molecule has 0 N–H and O–H groups in total. The molecule has 0 saturated heterocycles. The van der Waals surface area contributed by atoms with E-state index in [1.807, 2.05) is 36.1 Å². The second-order valence-corrected chi connectivity index (χ2v) is 7.41. The van der Waals surface area contributed by atoms with Gasteiger partial charge in [0.15, 0.2) is 11.5 Å². The van der Waals surface area contributed by atoms with E-state index < -0.39 is 0 Å². The summed E-state index contributed by atoms with van der Waals surface area (Å²) in [6, 6.07) is 12.0. The lowest BCUT2D eigenvalue weighted by Gasteiger charge is -2.31. The molecule has 1 heterocycles. The number of amides is 1. The number of rotatable bonds is 6. The highest BCUT2D eigenvalue weighted by Gasteiger charge is 2.26. The largest absolute Gasteiger partial charge is 0.496 e. The summed E-state index contributed by atoms with van der Waals surface area (Å²) >= 11 is 0. The number of ether oxygens (including phenoxy) is 3. The highest BCUT2D eigenvalue weighted by atomic mass is 16.7. The molecule has 4 rings (SSSR count). The number of hydrogen-bond donors (Lipinski definition) is 0. The number of nitrogens with zero attached hydrogens (tertiary/aromatic N) is 1. The van der Waals surface area contributed by atoms with Gasteiger partial charge in [-0.05, 0) is 61.1 Å². The molecule has 0 radical (unpaired) electrons. The summed E-state index contributed by atoms with van der Waals surface area (Å²) in [5, 5.41) is 0. The zero-order valence-electron chi connectivity index (χ0n) is 16.6. The van der Waals surface area contributed by atoms with Crippen LogP contribution in [0.1, 0.15) is 42.4 Å². The van der Waals surface area contributed by atoms with Crippen LogP contribution in [0.2, 0.25) is 0 Å². The number of likely N-dealkylation sites (N-methyl/N-ethyl adjacent to an activating group) is 1. The van der Waals surface area contributed by atoms with E-state index in [0.29, 0.717) is 18.9 Å². The molecule has 5 nitrogen and oxygen atoms in total. The van der Waals surface area contributed by atoms with Gasteiger partial charge in [-0.25, -0.2) is 0 Å². The van der Waals surface area contributed by atoms with Crippen molar-refractivity contribution in [2.24, 2.45) is 0 Å². The van der Waals surface area contributed by atoms with Crippen LogP contribution in [-0.2, 0) is 17.6 Å². The zero-order chi connectivity index (χ0) is 19.5. The second kappa shape index (κ2) is 8.13. The fourth-order valence-electron chi connectivity index (χ4n) is 4.30. The van der Waals surface area contributed by atoms with E-state index in [1.54, 1.807) is 7.11 Å². The molecule has 5 heteroatoms. The molecular weight excluding hydrogens is 354 g/mol. The van der Waals surface area contributed by atoms with Crippen molar-refractivity contribution in [1.82, 2.24) is 4.90 Å². The average molecular weight is 381 g/mol. The van der Waals surface area contributed by atoms with Crippen molar-refractivity contribution in [1.29, 1.82) is 0 Å². The molecule has 1 aliphatic heterocycles. The number of hydrogen-bond acceptors (Lipinski definition) is 4. The zero-order valence-corrected chi connectivity index (χ0v) is 16.6. The molecule has 0 aromatic heterocycles. The van der Waals surface area contributed by atoms with Crippen molar-refractivity contribution in [2.75, 3.05) is 27.0 Å². The van der Waals surface area contributed by atoms with Gasteiger partial charge >= 0.3 is 0 Å². The van der Waals surface area contributed by atoms with E-state index >= 15 is 0 Å². The Hall–Kier alpha value is -2.69. The Balaban J connectivity index is 1.47. The first-order valence-corrected chi connectivity index (χ1v) is 10.0. The number of carbonyl (C=O) groups excluding carboxylic acids is 1. The van der Waals surface area contributed by atoms with Crippen molar-refractivity contribution in [3.8, 4) is 17.2 Å². The van der Waals surface area contributed by atoms with Crippen molar-refractivity contribution < 1.29 is 19.0 Å². The van der Waals surface area contributed by atoms with Gasteiger partial charge in [-0.2, -0.15) is 0 Å². The first-order valence-electron chi connectivity index (χ1n) is 10.0. The predicted octanol–water partition coefficient (Wildman–Crippen LogP) is 3.94. The second-order valence-electron chi connectivity index (χ2n) is 7.41. The molecule has 2 aromatic carbocycles. The molecule has 1 amide bonds. The van der Waals surface area contributed by atoms with Gasteiger partial charge in [-0.15, -0.1) is 0 Å². The highest BCUT2D eigenvalue weighted by molar-refractivity contribution is 5.79. The van der Waals surface area contributed by atoms with Gasteiger partial charge in [0.05, 0.1) is 13.5 Å². The first-order chi connectivity index (χ1) is 13.7. The molecule has 148 valence electrons. The van der Waals surface area contributed by atoms with Gasteiger partial charge in [0, 0.05) is 19.0 Å². The molecule has 1 aliphatic carbocycles. The minimum atomic E-state index is 0.149. The Bertz CT molecular complexity index is 864. The SMILES string of the molecule is CCN(C[C@@H]1CCCc2c(OC)cccc21)C(=O)Cc1ccc2c(c1)OCO2. The third kappa shape index (κ3) is 3.66. The van der Waals surface area contributed by atoms with Crippen molar-refractivity contribution >= 4 is 5.91 Å². The molecule has 2 aromatic rings. The lowest BCUT2D eigenvalue weighted by atomic mass is 9.82. The smallest absolute Gasteiger partial charge is 0.231 e.